The van der Waals surface area contributed by atoms with Crippen LogP contribution in [0.15, 0.2) is 42.5 Å². The van der Waals surface area contributed by atoms with Gasteiger partial charge in [0, 0.05) is 5.02 Å². The Labute approximate surface area is 146 Å². The van der Waals surface area contributed by atoms with E-state index in [1.807, 2.05) is 38.1 Å². The molecule has 2 N–H and O–H groups in total. The van der Waals surface area contributed by atoms with E-state index in [1.54, 1.807) is 18.2 Å². The van der Waals surface area contributed by atoms with Crippen molar-refractivity contribution in [2.75, 3.05) is 24.3 Å². The normalized spacial score (nSPS) is 10.4. The molecule has 24 heavy (non-hydrogen) atoms. The molecule has 0 bridgehead atoms. The average Bonchev–Trinajstić information content (AvgIpc) is 2.54. The molecule has 1 amide bonds. The summed E-state index contributed by atoms with van der Waals surface area (Å²) in [7, 11) is 1.54. The molecule has 0 aliphatic rings. The van der Waals surface area contributed by atoms with Crippen LogP contribution in [0.4, 0.5) is 11.4 Å². The Morgan fingerprint density at radius 2 is 1.88 bits per heavy atom. The third-order valence-corrected chi connectivity index (χ3v) is 3.36. The largest absolute Gasteiger partial charge is 0.495 e. The smallest absolute Gasteiger partial charge is 0.243 e. The molecule has 0 heterocycles. The number of ether oxygens (including phenoxy) is 2. The van der Waals surface area contributed by atoms with Gasteiger partial charge in [0.1, 0.15) is 11.5 Å². The van der Waals surface area contributed by atoms with Gasteiger partial charge in [0.2, 0.25) is 5.91 Å². The van der Waals surface area contributed by atoms with Crippen LogP contribution in [0.1, 0.15) is 13.8 Å². The molecule has 0 atom stereocenters. The number of anilines is 2. The van der Waals surface area contributed by atoms with Crippen LogP contribution < -0.4 is 20.1 Å². The number of carbonyl (C=O) groups excluding carboxylic acids is 1. The van der Waals surface area contributed by atoms with Gasteiger partial charge in [-0.1, -0.05) is 23.7 Å². The van der Waals surface area contributed by atoms with E-state index in [2.05, 4.69) is 10.6 Å². The van der Waals surface area contributed by atoms with E-state index >= 15 is 0 Å². The topological polar surface area (TPSA) is 59.6 Å². The maximum atomic E-state index is 12.2. The molecule has 0 radical (unpaired) electrons. The van der Waals surface area contributed by atoms with Crippen LogP contribution in [0.3, 0.4) is 0 Å². The molecule has 2 aromatic rings. The lowest BCUT2D eigenvalue weighted by Crippen LogP contribution is -2.22. The Kier molecular flexibility index (Phi) is 6.32. The maximum absolute atomic E-state index is 12.2. The predicted octanol–water partition coefficient (Wildman–Crippen LogP) is 4.19. The molecule has 0 saturated heterocycles. The third kappa shape index (κ3) is 5.06. The highest BCUT2D eigenvalue weighted by molar-refractivity contribution is 6.31. The molecule has 0 unspecified atom stereocenters. The van der Waals surface area contributed by atoms with Gasteiger partial charge < -0.3 is 20.1 Å². The van der Waals surface area contributed by atoms with Crippen molar-refractivity contribution in [2.24, 2.45) is 0 Å². The van der Waals surface area contributed by atoms with E-state index in [1.165, 1.54) is 7.11 Å². The van der Waals surface area contributed by atoms with Crippen molar-refractivity contribution < 1.29 is 14.3 Å². The van der Waals surface area contributed by atoms with Gasteiger partial charge in [0.05, 0.1) is 31.1 Å². The number of benzene rings is 2. The molecule has 0 aliphatic heterocycles. The Morgan fingerprint density at radius 3 is 2.58 bits per heavy atom. The van der Waals surface area contributed by atoms with Crippen LogP contribution in [-0.2, 0) is 4.79 Å². The van der Waals surface area contributed by atoms with E-state index in [4.69, 9.17) is 21.1 Å². The SMILES string of the molecule is COc1ccc(Cl)cc1NC(=O)CNc1ccccc1OC(C)C. The van der Waals surface area contributed by atoms with E-state index in [0.717, 1.165) is 5.69 Å². The highest BCUT2D eigenvalue weighted by Gasteiger charge is 2.10. The molecular weight excluding hydrogens is 328 g/mol. The first-order valence-corrected chi connectivity index (χ1v) is 8.00. The second kappa shape index (κ2) is 8.45. The van der Waals surface area contributed by atoms with Gasteiger partial charge in [-0.2, -0.15) is 0 Å². The zero-order chi connectivity index (χ0) is 17.5. The second-order valence-corrected chi connectivity index (χ2v) is 5.85. The number of amides is 1. The summed E-state index contributed by atoms with van der Waals surface area (Å²) in [6.45, 7) is 4.00. The Hall–Kier alpha value is -2.40. The number of para-hydroxylation sites is 2. The Bertz CT molecular complexity index is 704. The van der Waals surface area contributed by atoms with Gasteiger partial charge in [-0.3, -0.25) is 4.79 Å². The molecule has 2 aromatic carbocycles. The molecule has 0 fully saturated rings. The van der Waals surface area contributed by atoms with E-state index in [9.17, 15) is 4.79 Å². The van der Waals surface area contributed by atoms with Gasteiger partial charge in [0.25, 0.3) is 0 Å². The summed E-state index contributed by atoms with van der Waals surface area (Å²) in [4.78, 5) is 12.2. The number of carbonyl (C=O) groups is 1. The van der Waals surface area contributed by atoms with Crippen molar-refractivity contribution in [3.8, 4) is 11.5 Å². The van der Waals surface area contributed by atoms with Crippen molar-refractivity contribution in [2.45, 2.75) is 20.0 Å². The van der Waals surface area contributed by atoms with E-state index in [-0.39, 0.29) is 18.6 Å². The van der Waals surface area contributed by atoms with Crippen LogP contribution >= 0.6 is 11.6 Å². The first-order valence-electron chi connectivity index (χ1n) is 7.62. The third-order valence-electron chi connectivity index (χ3n) is 3.12. The monoisotopic (exact) mass is 348 g/mol. The van der Waals surface area contributed by atoms with Gasteiger partial charge in [-0.25, -0.2) is 0 Å². The number of halogens is 1. The Morgan fingerprint density at radius 1 is 1.12 bits per heavy atom. The van der Waals surface area contributed by atoms with Crippen LogP contribution in [0, 0.1) is 0 Å². The minimum Gasteiger partial charge on any atom is -0.495 e. The van der Waals surface area contributed by atoms with Crippen LogP contribution in [0.5, 0.6) is 11.5 Å². The highest BCUT2D eigenvalue weighted by atomic mass is 35.5. The molecule has 5 nitrogen and oxygen atoms in total. The van der Waals surface area contributed by atoms with Gasteiger partial charge in [-0.05, 0) is 44.2 Å². The maximum Gasteiger partial charge on any atom is 0.243 e. The summed E-state index contributed by atoms with van der Waals surface area (Å²) >= 11 is 5.96. The minimum atomic E-state index is -0.213. The van der Waals surface area contributed by atoms with Gasteiger partial charge >= 0.3 is 0 Å². The summed E-state index contributed by atoms with van der Waals surface area (Å²) in [5.74, 6) is 1.05. The lowest BCUT2D eigenvalue weighted by atomic mass is 10.2. The van der Waals surface area contributed by atoms with Crippen molar-refractivity contribution in [1.82, 2.24) is 0 Å². The Balaban J connectivity index is 2.00. The number of hydrogen-bond acceptors (Lipinski definition) is 4. The number of nitrogens with one attached hydrogen (secondary N) is 2. The highest BCUT2D eigenvalue weighted by Crippen LogP contribution is 2.28. The van der Waals surface area contributed by atoms with Gasteiger partial charge in [0.15, 0.2) is 0 Å². The van der Waals surface area contributed by atoms with Crippen LogP contribution in [0.25, 0.3) is 0 Å². The predicted molar refractivity (Wildman–Crippen MR) is 97.3 cm³/mol. The first kappa shape index (κ1) is 17.9. The quantitative estimate of drug-likeness (QED) is 0.787. The summed E-state index contributed by atoms with van der Waals surface area (Å²) in [5, 5.41) is 6.38. The van der Waals surface area contributed by atoms with Gasteiger partial charge in [-0.15, -0.1) is 0 Å². The van der Waals surface area contributed by atoms with Crippen molar-refractivity contribution in [3.05, 3.63) is 47.5 Å². The summed E-state index contributed by atoms with van der Waals surface area (Å²) in [6, 6.07) is 12.6. The number of methoxy groups -OCH3 is 1. The average molecular weight is 349 g/mol. The molecule has 0 aliphatic carbocycles. The zero-order valence-corrected chi connectivity index (χ0v) is 14.7. The second-order valence-electron chi connectivity index (χ2n) is 5.41. The van der Waals surface area contributed by atoms with Crippen LogP contribution in [0.2, 0.25) is 5.02 Å². The molecule has 128 valence electrons. The molecule has 2 rings (SSSR count). The fourth-order valence-corrected chi connectivity index (χ4v) is 2.29. The lowest BCUT2D eigenvalue weighted by molar-refractivity contribution is -0.114. The fraction of sp³-hybridized carbons (Fsp3) is 0.278. The zero-order valence-electron chi connectivity index (χ0n) is 13.9. The van der Waals surface area contributed by atoms with Crippen molar-refractivity contribution in [1.29, 1.82) is 0 Å². The summed E-state index contributed by atoms with van der Waals surface area (Å²) in [5.41, 5.74) is 1.29. The van der Waals surface area contributed by atoms with E-state index < -0.39 is 0 Å². The molecule has 0 aromatic heterocycles. The summed E-state index contributed by atoms with van der Waals surface area (Å²) < 4.78 is 10.9. The minimum absolute atomic E-state index is 0.0532. The molecular formula is C18H21ClN2O3. The molecule has 0 spiro atoms. The van der Waals surface area contributed by atoms with Crippen molar-refractivity contribution in [3.63, 3.8) is 0 Å². The van der Waals surface area contributed by atoms with E-state index in [0.29, 0.717) is 22.2 Å². The molecule has 6 heteroatoms. The summed E-state index contributed by atoms with van der Waals surface area (Å²) in [6.07, 6.45) is 0.0532. The fourth-order valence-electron chi connectivity index (χ4n) is 2.12. The molecule has 0 saturated carbocycles. The lowest BCUT2D eigenvalue weighted by Gasteiger charge is -2.15. The van der Waals surface area contributed by atoms with Crippen molar-refractivity contribution >= 4 is 28.9 Å². The number of rotatable bonds is 7. The standard InChI is InChI=1S/C18H21ClN2O3/c1-12(2)24-17-7-5-4-6-14(17)20-11-18(22)21-15-10-13(19)8-9-16(15)23-3/h4-10,12,20H,11H2,1-3H3,(H,21,22). The number of hydrogen-bond donors (Lipinski definition) is 2. The van der Waals surface area contributed by atoms with Crippen LogP contribution in [-0.4, -0.2) is 25.7 Å². The first-order chi connectivity index (χ1) is 11.5.